The highest BCUT2D eigenvalue weighted by Crippen LogP contribution is 2.26. The Morgan fingerprint density at radius 2 is 2.07 bits per heavy atom. The fraction of sp³-hybridized carbons (Fsp3) is 0.857. The molecule has 2 N–H and O–H groups in total. The number of amides is 1. The van der Waals surface area contributed by atoms with Crippen molar-refractivity contribution in [3.8, 4) is 0 Å². The smallest absolute Gasteiger partial charge is 0.336 e. The molecule has 14 heavy (non-hydrogen) atoms. The third-order valence-electron chi connectivity index (χ3n) is 2.07. The summed E-state index contributed by atoms with van der Waals surface area (Å²) in [6, 6.07) is -0.396. The SMILES string of the molecule is N[C@@H]1CCN(C(=O)C(F)(F)C(F)F)C1. The molecule has 1 aliphatic heterocycles. The average molecular weight is 214 g/mol. The van der Waals surface area contributed by atoms with Gasteiger partial charge in [-0.1, -0.05) is 0 Å². The maximum Gasteiger partial charge on any atom is 0.383 e. The first-order valence-electron chi connectivity index (χ1n) is 4.06. The normalized spacial score (nSPS) is 23.3. The van der Waals surface area contributed by atoms with E-state index in [-0.39, 0.29) is 13.1 Å². The molecular weight excluding hydrogens is 204 g/mol. The van der Waals surface area contributed by atoms with Crippen molar-refractivity contribution >= 4 is 5.91 Å². The predicted molar refractivity (Wildman–Crippen MR) is 40.1 cm³/mol. The molecule has 0 aromatic rings. The molecule has 0 bridgehead atoms. The Hall–Kier alpha value is -0.850. The van der Waals surface area contributed by atoms with Crippen molar-refractivity contribution in [3.05, 3.63) is 0 Å². The van der Waals surface area contributed by atoms with Crippen LogP contribution in [0.3, 0.4) is 0 Å². The highest BCUT2D eigenvalue weighted by molar-refractivity contribution is 5.84. The number of carbonyl (C=O) groups is 1. The first-order chi connectivity index (χ1) is 6.35. The summed E-state index contributed by atoms with van der Waals surface area (Å²) >= 11 is 0. The topological polar surface area (TPSA) is 46.3 Å². The van der Waals surface area contributed by atoms with Crippen molar-refractivity contribution in [2.24, 2.45) is 5.73 Å². The molecular formula is C7H10F4N2O. The van der Waals surface area contributed by atoms with Crippen molar-refractivity contribution in [1.29, 1.82) is 0 Å². The third kappa shape index (κ3) is 1.97. The van der Waals surface area contributed by atoms with Gasteiger partial charge in [0.25, 0.3) is 5.91 Å². The molecule has 1 atom stereocenters. The summed E-state index contributed by atoms with van der Waals surface area (Å²) in [6.07, 6.45) is -3.60. The Morgan fingerprint density at radius 3 is 2.43 bits per heavy atom. The largest absolute Gasteiger partial charge is 0.383 e. The minimum Gasteiger partial charge on any atom is -0.336 e. The minimum atomic E-state index is -4.59. The number of alkyl halides is 4. The Kier molecular flexibility index (Phi) is 2.98. The van der Waals surface area contributed by atoms with E-state index in [0.717, 1.165) is 0 Å². The molecule has 1 amide bonds. The van der Waals surface area contributed by atoms with Gasteiger partial charge in [-0.25, -0.2) is 8.78 Å². The molecule has 0 aromatic heterocycles. The minimum absolute atomic E-state index is 0.0162. The Bertz CT molecular complexity index is 234. The van der Waals surface area contributed by atoms with E-state index in [0.29, 0.717) is 11.3 Å². The van der Waals surface area contributed by atoms with Crippen LogP contribution in [-0.2, 0) is 4.79 Å². The summed E-state index contributed by atoms with van der Waals surface area (Å²) in [7, 11) is 0. The van der Waals surface area contributed by atoms with E-state index in [1.54, 1.807) is 0 Å². The maximum absolute atomic E-state index is 12.5. The van der Waals surface area contributed by atoms with Gasteiger partial charge in [0.1, 0.15) is 0 Å². The van der Waals surface area contributed by atoms with Gasteiger partial charge in [0, 0.05) is 19.1 Å². The van der Waals surface area contributed by atoms with Gasteiger partial charge in [-0.05, 0) is 6.42 Å². The van der Waals surface area contributed by atoms with Crippen LogP contribution in [0.2, 0.25) is 0 Å². The molecule has 1 aliphatic rings. The molecule has 1 heterocycles. The second-order valence-electron chi connectivity index (χ2n) is 3.22. The number of nitrogens with zero attached hydrogens (tertiary/aromatic N) is 1. The lowest BCUT2D eigenvalue weighted by Crippen LogP contribution is -2.47. The molecule has 1 saturated heterocycles. The highest BCUT2D eigenvalue weighted by atomic mass is 19.3. The fourth-order valence-electron chi connectivity index (χ4n) is 1.28. The van der Waals surface area contributed by atoms with Gasteiger partial charge >= 0.3 is 12.3 Å². The van der Waals surface area contributed by atoms with Gasteiger partial charge in [0.05, 0.1) is 0 Å². The zero-order valence-electron chi connectivity index (χ0n) is 7.22. The van der Waals surface area contributed by atoms with Crippen molar-refractivity contribution in [2.45, 2.75) is 24.8 Å². The van der Waals surface area contributed by atoms with Crippen LogP contribution in [-0.4, -0.2) is 42.3 Å². The molecule has 0 spiro atoms. The monoisotopic (exact) mass is 214 g/mol. The number of carbonyl (C=O) groups excluding carboxylic acids is 1. The van der Waals surface area contributed by atoms with Gasteiger partial charge in [0.2, 0.25) is 0 Å². The van der Waals surface area contributed by atoms with E-state index in [9.17, 15) is 22.4 Å². The van der Waals surface area contributed by atoms with E-state index in [4.69, 9.17) is 5.73 Å². The summed E-state index contributed by atoms with van der Waals surface area (Å²) < 4.78 is 48.6. The molecule has 0 aliphatic carbocycles. The van der Waals surface area contributed by atoms with Crippen molar-refractivity contribution in [3.63, 3.8) is 0 Å². The molecule has 1 rings (SSSR count). The van der Waals surface area contributed by atoms with E-state index in [1.165, 1.54) is 0 Å². The maximum atomic E-state index is 12.5. The average Bonchev–Trinajstić information content (AvgIpc) is 2.50. The van der Waals surface area contributed by atoms with Gasteiger partial charge < -0.3 is 10.6 Å². The number of likely N-dealkylation sites (tertiary alicyclic amines) is 1. The van der Waals surface area contributed by atoms with Crippen LogP contribution < -0.4 is 5.73 Å². The number of rotatable bonds is 2. The van der Waals surface area contributed by atoms with Crippen LogP contribution in [0.4, 0.5) is 17.6 Å². The first kappa shape index (κ1) is 11.2. The molecule has 0 aromatic carbocycles. The van der Waals surface area contributed by atoms with Crippen LogP contribution in [0.15, 0.2) is 0 Å². The summed E-state index contributed by atoms with van der Waals surface area (Å²) in [6.45, 7) is -0.0660. The zero-order chi connectivity index (χ0) is 10.9. The molecule has 1 fully saturated rings. The van der Waals surface area contributed by atoms with E-state index in [1.807, 2.05) is 0 Å². The molecule has 0 radical (unpaired) electrons. The van der Waals surface area contributed by atoms with Crippen LogP contribution in [0.5, 0.6) is 0 Å². The van der Waals surface area contributed by atoms with E-state index in [2.05, 4.69) is 0 Å². The van der Waals surface area contributed by atoms with Crippen LogP contribution >= 0.6 is 0 Å². The summed E-state index contributed by atoms with van der Waals surface area (Å²) in [5, 5.41) is 0. The summed E-state index contributed by atoms with van der Waals surface area (Å²) in [4.78, 5) is 11.6. The number of hydrogen-bond acceptors (Lipinski definition) is 2. The quantitative estimate of drug-likeness (QED) is 0.678. The summed E-state index contributed by atoms with van der Waals surface area (Å²) in [5.41, 5.74) is 5.36. The predicted octanol–water partition coefficient (Wildman–Crippen LogP) is 0.446. The summed E-state index contributed by atoms with van der Waals surface area (Å²) in [5.74, 6) is -6.43. The Morgan fingerprint density at radius 1 is 1.50 bits per heavy atom. The second kappa shape index (κ2) is 3.72. The third-order valence-corrected chi connectivity index (χ3v) is 2.07. The molecule has 0 unspecified atom stereocenters. The molecule has 3 nitrogen and oxygen atoms in total. The number of hydrogen-bond donors (Lipinski definition) is 1. The Balaban J connectivity index is 2.65. The van der Waals surface area contributed by atoms with Crippen molar-refractivity contribution in [1.82, 2.24) is 4.90 Å². The zero-order valence-corrected chi connectivity index (χ0v) is 7.22. The molecule has 82 valence electrons. The fourth-order valence-corrected chi connectivity index (χ4v) is 1.28. The first-order valence-corrected chi connectivity index (χ1v) is 4.06. The van der Waals surface area contributed by atoms with Gasteiger partial charge in [-0.3, -0.25) is 4.79 Å². The number of nitrogens with two attached hydrogens (primary N) is 1. The highest BCUT2D eigenvalue weighted by Gasteiger charge is 2.51. The molecule has 0 saturated carbocycles. The van der Waals surface area contributed by atoms with E-state index >= 15 is 0 Å². The van der Waals surface area contributed by atoms with Gasteiger partial charge in [0.15, 0.2) is 0 Å². The lowest BCUT2D eigenvalue weighted by atomic mass is 10.3. The number of halogens is 4. The van der Waals surface area contributed by atoms with E-state index < -0.39 is 24.3 Å². The van der Waals surface area contributed by atoms with Crippen LogP contribution in [0, 0.1) is 0 Å². The lowest BCUT2D eigenvalue weighted by Gasteiger charge is -2.21. The standard InChI is InChI=1S/C7H10F4N2O/c8-5(9)7(10,11)6(14)13-2-1-4(12)3-13/h4-5H,1-3,12H2/t4-/m1/s1. The second-order valence-corrected chi connectivity index (χ2v) is 3.22. The van der Waals surface area contributed by atoms with Gasteiger partial charge in [-0.15, -0.1) is 0 Å². The van der Waals surface area contributed by atoms with Crippen LogP contribution in [0.1, 0.15) is 6.42 Å². The van der Waals surface area contributed by atoms with Crippen molar-refractivity contribution < 1.29 is 22.4 Å². The molecule has 7 heteroatoms. The van der Waals surface area contributed by atoms with Gasteiger partial charge in [-0.2, -0.15) is 8.78 Å². The lowest BCUT2D eigenvalue weighted by molar-refractivity contribution is -0.179. The Labute approximate surface area is 77.8 Å². The van der Waals surface area contributed by atoms with Crippen LogP contribution in [0.25, 0.3) is 0 Å². The van der Waals surface area contributed by atoms with Crippen molar-refractivity contribution in [2.75, 3.05) is 13.1 Å².